The van der Waals surface area contributed by atoms with Gasteiger partial charge in [0.2, 0.25) is 10.0 Å². The van der Waals surface area contributed by atoms with Gasteiger partial charge >= 0.3 is 0 Å². The van der Waals surface area contributed by atoms with Crippen molar-refractivity contribution in [1.82, 2.24) is 4.31 Å². The number of carbonyl (C=O) groups is 1. The number of ketones is 1. The van der Waals surface area contributed by atoms with Crippen molar-refractivity contribution < 1.29 is 13.2 Å². The van der Waals surface area contributed by atoms with E-state index in [4.69, 9.17) is 5.73 Å². The molecule has 7 heteroatoms. The zero-order valence-electron chi connectivity index (χ0n) is 15.2. The molecule has 0 bridgehead atoms. The minimum Gasteiger partial charge on any atom is -0.330 e. The molecule has 26 heavy (non-hydrogen) atoms. The van der Waals surface area contributed by atoms with Gasteiger partial charge in [0, 0.05) is 24.7 Å². The van der Waals surface area contributed by atoms with E-state index >= 15 is 0 Å². The lowest BCUT2D eigenvalue weighted by atomic mass is 9.94. The molecule has 0 unspecified atom stereocenters. The first kappa shape index (κ1) is 22.3. The smallest absolute Gasteiger partial charge is 0.243 e. The summed E-state index contributed by atoms with van der Waals surface area (Å²) in [5.74, 6) is -0.314. The van der Waals surface area contributed by atoms with Crippen LogP contribution < -0.4 is 5.73 Å². The Kier molecular flexibility index (Phi) is 7.53. The van der Waals surface area contributed by atoms with Crippen LogP contribution in [0.2, 0.25) is 0 Å². The summed E-state index contributed by atoms with van der Waals surface area (Å²) in [5.41, 5.74) is 5.98. The summed E-state index contributed by atoms with van der Waals surface area (Å²) < 4.78 is 27.3. The molecule has 2 aromatic carbocycles. The van der Waals surface area contributed by atoms with Crippen molar-refractivity contribution in [3.05, 3.63) is 65.7 Å². The molecule has 0 saturated carbocycles. The summed E-state index contributed by atoms with van der Waals surface area (Å²) in [6.07, 6.45) is 0. The largest absolute Gasteiger partial charge is 0.330 e. The summed E-state index contributed by atoms with van der Waals surface area (Å²) in [5, 5.41) is 0. The Bertz CT molecular complexity index is 852. The van der Waals surface area contributed by atoms with Gasteiger partial charge in [-0.3, -0.25) is 4.79 Å². The molecule has 0 atom stereocenters. The number of nitrogens with zero attached hydrogens (tertiary/aromatic N) is 1. The van der Waals surface area contributed by atoms with E-state index in [0.717, 1.165) is 0 Å². The van der Waals surface area contributed by atoms with Crippen LogP contribution in [-0.4, -0.2) is 38.6 Å². The number of hydrogen-bond donors (Lipinski definition) is 1. The molecule has 0 aliphatic heterocycles. The molecule has 0 heterocycles. The lowest BCUT2D eigenvalue weighted by Crippen LogP contribution is -2.40. The van der Waals surface area contributed by atoms with Gasteiger partial charge in [-0.2, -0.15) is 0 Å². The zero-order chi connectivity index (χ0) is 18.7. The molecule has 0 saturated heterocycles. The second-order valence-corrected chi connectivity index (χ2v) is 8.83. The van der Waals surface area contributed by atoms with E-state index in [1.54, 1.807) is 42.5 Å². The van der Waals surface area contributed by atoms with Crippen LogP contribution in [0.15, 0.2) is 59.5 Å². The highest BCUT2D eigenvalue weighted by atomic mass is 35.5. The quantitative estimate of drug-likeness (QED) is 0.729. The highest BCUT2D eigenvalue weighted by Gasteiger charge is 2.30. The summed E-state index contributed by atoms with van der Waals surface area (Å²) in [4.78, 5) is 12.8. The lowest BCUT2D eigenvalue weighted by molar-refractivity contribution is 0.103. The number of sulfonamides is 1. The van der Waals surface area contributed by atoms with E-state index < -0.39 is 10.0 Å². The fourth-order valence-electron chi connectivity index (χ4n) is 2.54. The SMILES string of the molecule is CN(CC(C)(C)CN)S(=O)(=O)c1ccccc1C(=O)c1ccccc1.Cl. The van der Waals surface area contributed by atoms with Crippen molar-refractivity contribution in [1.29, 1.82) is 0 Å². The Morgan fingerprint density at radius 1 is 1.04 bits per heavy atom. The molecule has 0 radical (unpaired) electrons. The molecule has 0 spiro atoms. The third-order valence-corrected chi connectivity index (χ3v) is 5.92. The van der Waals surface area contributed by atoms with Crippen LogP contribution >= 0.6 is 12.4 Å². The summed E-state index contributed by atoms with van der Waals surface area (Å²) >= 11 is 0. The fraction of sp³-hybridized carbons (Fsp3) is 0.316. The predicted molar refractivity (Wildman–Crippen MR) is 106 cm³/mol. The van der Waals surface area contributed by atoms with E-state index in [1.807, 2.05) is 19.9 Å². The van der Waals surface area contributed by atoms with Crippen LogP contribution in [0, 0.1) is 5.41 Å². The van der Waals surface area contributed by atoms with Gasteiger partial charge in [-0.1, -0.05) is 56.3 Å². The van der Waals surface area contributed by atoms with Crippen LogP contribution in [0.25, 0.3) is 0 Å². The van der Waals surface area contributed by atoms with Crippen LogP contribution in [0.3, 0.4) is 0 Å². The van der Waals surface area contributed by atoms with E-state index in [1.165, 1.54) is 17.4 Å². The first-order valence-electron chi connectivity index (χ1n) is 8.04. The first-order chi connectivity index (χ1) is 11.7. The second-order valence-electron chi connectivity index (χ2n) is 6.82. The average molecular weight is 397 g/mol. The number of hydrogen-bond acceptors (Lipinski definition) is 4. The van der Waals surface area contributed by atoms with Gasteiger partial charge in [0.25, 0.3) is 0 Å². The van der Waals surface area contributed by atoms with Gasteiger partial charge in [0.05, 0.1) is 4.90 Å². The van der Waals surface area contributed by atoms with Crippen LogP contribution in [-0.2, 0) is 10.0 Å². The van der Waals surface area contributed by atoms with E-state index in [9.17, 15) is 13.2 Å². The lowest BCUT2D eigenvalue weighted by Gasteiger charge is -2.28. The minimum atomic E-state index is -3.81. The van der Waals surface area contributed by atoms with Gasteiger partial charge in [0.1, 0.15) is 0 Å². The molecule has 0 aliphatic rings. The summed E-state index contributed by atoms with van der Waals surface area (Å²) in [6.45, 7) is 4.43. The Balaban J connectivity index is 0.00000338. The van der Waals surface area contributed by atoms with Crippen molar-refractivity contribution >= 4 is 28.2 Å². The molecule has 2 aromatic rings. The highest BCUT2D eigenvalue weighted by Crippen LogP contribution is 2.25. The first-order valence-corrected chi connectivity index (χ1v) is 9.48. The highest BCUT2D eigenvalue weighted by molar-refractivity contribution is 7.89. The van der Waals surface area contributed by atoms with Crippen LogP contribution in [0.5, 0.6) is 0 Å². The number of carbonyl (C=O) groups excluding carboxylic acids is 1. The molecule has 0 aliphatic carbocycles. The Labute approximate surface area is 161 Å². The summed E-state index contributed by atoms with van der Waals surface area (Å²) in [7, 11) is -2.30. The van der Waals surface area contributed by atoms with Gasteiger partial charge in [-0.15, -0.1) is 12.4 Å². The summed E-state index contributed by atoms with van der Waals surface area (Å²) in [6, 6.07) is 15.0. The Morgan fingerprint density at radius 3 is 2.15 bits per heavy atom. The minimum absolute atomic E-state index is 0. The standard InChI is InChI=1S/C19H24N2O3S.ClH/c1-19(2,13-20)14-21(3)25(23,24)17-12-8-7-11-16(17)18(22)15-9-5-4-6-10-15;/h4-12H,13-14,20H2,1-3H3;1H. The van der Waals surface area contributed by atoms with E-state index in [2.05, 4.69) is 0 Å². The third kappa shape index (κ3) is 4.92. The molecular weight excluding hydrogens is 372 g/mol. The molecule has 142 valence electrons. The van der Waals surface area contributed by atoms with Crippen molar-refractivity contribution in [3.63, 3.8) is 0 Å². The molecule has 5 nitrogen and oxygen atoms in total. The van der Waals surface area contributed by atoms with Gasteiger partial charge < -0.3 is 5.73 Å². The number of benzene rings is 2. The topological polar surface area (TPSA) is 80.5 Å². The van der Waals surface area contributed by atoms with Crippen molar-refractivity contribution in [2.24, 2.45) is 11.1 Å². The van der Waals surface area contributed by atoms with Crippen LogP contribution in [0.1, 0.15) is 29.8 Å². The Morgan fingerprint density at radius 2 is 1.58 bits per heavy atom. The van der Waals surface area contributed by atoms with Crippen LogP contribution in [0.4, 0.5) is 0 Å². The maximum absolute atomic E-state index is 13.0. The molecular formula is C19H25ClN2O3S. The van der Waals surface area contributed by atoms with Gasteiger partial charge in [-0.25, -0.2) is 12.7 Å². The third-order valence-electron chi connectivity index (χ3n) is 4.06. The predicted octanol–water partition coefficient (Wildman–Crippen LogP) is 2.94. The van der Waals surface area contributed by atoms with Gasteiger partial charge in [-0.05, 0) is 24.1 Å². The molecule has 0 aromatic heterocycles. The van der Waals surface area contributed by atoms with Crippen molar-refractivity contribution in [3.8, 4) is 0 Å². The van der Waals surface area contributed by atoms with Crippen molar-refractivity contribution in [2.75, 3.05) is 20.1 Å². The number of halogens is 1. The van der Waals surface area contributed by atoms with E-state index in [-0.39, 0.29) is 40.6 Å². The van der Waals surface area contributed by atoms with Crippen molar-refractivity contribution in [2.45, 2.75) is 18.7 Å². The fourth-order valence-corrected chi connectivity index (χ4v) is 4.09. The molecule has 2 N–H and O–H groups in total. The maximum Gasteiger partial charge on any atom is 0.243 e. The average Bonchev–Trinajstić information content (AvgIpc) is 2.61. The number of nitrogens with two attached hydrogens (primary N) is 1. The normalized spacial score (nSPS) is 11.9. The number of rotatable bonds is 7. The monoisotopic (exact) mass is 396 g/mol. The zero-order valence-corrected chi connectivity index (χ0v) is 16.8. The Hall–Kier alpha value is -1.73. The van der Waals surface area contributed by atoms with Gasteiger partial charge in [0.15, 0.2) is 5.78 Å². The molecule has 0 amide bonds. The maximum atomic E-state index is 13.0. The second kappa shape index (κ2) is 8.77. The van der Waals surface area contributed by atoms with E-state index in [0.29, 0.717) is 12.1 Å². The molecule has 0 fully saturated rings. The molecule has 2 rings (SSSR count).